The molecule has 22 heavy (non-hydrogen) atoms. The summed E-state index contributed by atoms with van der Waals surface area (Å²) in [6, 6.07) is 1.68. The van der Waals surface area contributed by atoms with Crippen LogP contribution in [0.4, 0.5) is 13.2 Å². The van der Waals surface area contributed by atoms with Gasteiger partial charge in [-0.15, -0.1) is 0 Å². The van der Waals surface area contributed by atoms with Crippen molar-refractivity contribution in [1.29, 1.82) is 0 Å². The fourth-order valence-corrected chi connectivity index (χ4v) is 2.88. The second kappa shape index (κ2) is 6.28. The van der Waals surface area contributed by atoms with E-state index in [0.717, 1.165) is 5.69 Å². The van der Waals surface area contributed by atoms with Gasteiger partial charge in [-0.3, -0.25) is 14.4 Å². The summed E-state index contributed by atoms with van der Waals surface area (Å²) < 4.78 is 38.7. The van der Waals surface area contributed by atoms with Gasteiger partial charge in [-0.05, 0) is 25.8 Å². The molecule has 1 fully saturated rings. The zero-order chi connectivity index (χ0) is 16.5. The molecule has 1 aromatic heterocycles. The Hall–Kier alpha value is -1.57. The number of likely N-dealkylation sites (tertiary alicyclic amines) is 1. The molecule has 0 spiro atoms. The molecule has 1 aliphatic heterocycles. The van der Waals surface area contributed by atoms with Gasteiger partial charge in [0.2, 0.25) is 0 Å². The Morgan fingerprint density at radius 3 is 2.45 bits per heavy atom. The van der Waals surface area contributed by atoms with E-state index in [1.807, 2.05) is 6.92 Å². The molecular formula is C14H21F3N4O. The molecule has 1 amide bonds. The van der Waals surface area contributed by atoms with Gasteiger partial charge in [0.25, 0.3) is 5.91 Å². The Morgan fingerprint density at radius 2 is 2.00 bits per heavy atom. The zero-order valence-corrected chi connectivity index (χ0v) is 13.0. The van der Waals surface area contributed by atoms with Crippen molar-refractivity contribution in [2.45, 2.75) is 32.0 Å². The van der Waals surface area contributed by atoms with Crippen LogP contribution < -0.4 is 0 Å². The number of carbonyl (C=O) groups excluding carboxylic acids is 1. The molecule has 0 radical (unpaired) electrons. The topological polar surface area (TPSA) is 41.4 Å². The molecule has 8 heteroatoms. The number of hydrogen-bond donors (Lipinski definition) is 0. The Balaban J connectivity index is 1.93. The number of carbonyl (C=O) groups is 1. The molecule has 1 aliphatic rings. The van der Waals surface area contributed by atoms with E-state index >= 15 is 0 Å². The van der Waals surface area contributed by atoms with Gasteiger partial charge in [0.15, 0.2) is 0 Å². The molecule has 2 heterocycles. The van der Waals surface area contributed by atoms with Crippen molar-refractivity contribution in [1.82, 2.24) is 19.6 Å². The van der Waals surface area contributed by atoms with Crippen LogP contribution in [0, 0.1) is 6.92 Å². The molecule has 1 saturated heterocycles. The van der Waals surface area contributed by atoms with E-state index in [1.54, 1.807) is 25.1 Å². The number of nitrogens with zero attached hydrogens (tertiary/aromatic N) is 4. The summed E-state index contributed by atoms with van der Waals surface area (Å²) in [7, 11) is 3.41. The highest BCUT2D eigenvalue weighted by Crippen LogP contribution is 2.22. The van der Waals surface area contributed by atoms with E-state index in [-0.39, 0.29) is 11.9 Å². The number of rotatable bonds is 3. The summed E-state index contributed by atoms with van der Waals surface area (Å²) in [6.07, 6.45) is -3.06. The van der Waals surface area contributed by atoms with Crippen LogP contribution in [-0.2, 0) is 7.05 Å². The molecule has 0 aliphatic carbocycles. The standard InChI is InChI=1S/C14H21F3N4O/c1-10-8-12(20(3)18-10)13(22)19(2)11-4-6-21(7-5-11)9-14(15,16)17/h8,11H,4-7,9H2,1-3H3. The van der Waals surface area contributed by atoms with Gasteiger partial charge in [-0.2, -0.15) is 18.3 Å². The van der Waals surface area contributed by atoms with Crippen LogP contribution >= 0.6 is 0 Å². The molecule has 124 valence electrons. The van der Waals surface area contributed by atoms with Crippen LogP contribution in [0.2, 0.25) is 0 Å². The number of amides is 1. The minimum absolute atomic E-state index is 0.0350. The smallest absolute Gasteiger partial charge is 0.337 e. The lowest BCUT2D eigenvalue weighted by Crippen LogP contribution is -2.47. The lowest BCUT2D eigenvalue weighted by atomic mass is 10.0. The van der Waals surface area contributed by atoms with E-state index in [1.165, 1.54) is 9.58 Å². The highest BCUT2D eigenvalue weighted by molar-refractivity contribution is 5.92. The quantitative estimate of drug-likeness (QED) is 0.854. The van der Waals surface area contributed by atoms with Crippen molar-refractivity contribution < 1.29 is 18.0 Å². The predicted octanol–water partition coefficient (Wildman–Crippen LogP) is 1.83. The molecule has 0 N–H and O–H groups in total. The number of halogens is 3. The van der Waals surface area contributed by atoms with Crippen LogP contribution in [0.5, 0.6) is 0 Å². The van der Waals surface area contributed by atoms with Crippen LogP contribution in [0.1, 0.15) is 29.0 Å². The monoisotopic (exact) mass is 318 g/mol. The number of hydrogen-bond acceptors (Lipinski definition) is 3. The van der Waals surface area contributed by atoms with E-state index < -0.39 is 12.7 Å². The highest BCUT2D eigenvalue weighted by atomic mass is 19.4. The third-order valence-corrected chi connectivity index (χ3v) is 4.05. The molecule has 5 nitrogen and oxygen atoms in total. The van der Waals surface area contributed by atoms with E-state index in [9.17, 15) is 18.0 Å². The summed E-state index contributed by atoms with van der Waals surface area (Å²) in [5.41, 5.74) is 1.26. The molecular weight excluding hydrogens is 297 g/mol. The van der Waals surface area contributed by atoms with Crippen LogP contribution in [-0.4, -0.2) is 64.4 Å². The van der Waals surface area contributed by atoms with Crippen molar-refractivity contribution in [3.8, 4) is 0 Å². The minimum Gasteiger partial charge on any atom is -0.337 e. The van der Waals surface area contributed by atoms with Gasteiger partial charge in [-0.1, -0.05) is 0 Å². The second-order valence-electron chi connectivity index (χ2n) is 5.83. The van der Waals surface area contributed by atoms with Gasteiger partial charge in [0.1, 0.15) is 5.69 Å². The largest absolute Gasteiger partial charge is 0.401 e. The Kier molecular flexibility index (Phi) is 4.79. The first-order valence-electron chi connectivity index (χ1n) is 7.24. The molecule has 0 unspecified atom stereocenters. The first kappa shape index (κ1) is 16.8. The first-order valence-corrected chi connectivity index (χ1v) is 7.24. The molecule has 0 bridgehead atoms. The molecule has 0 atom stereocenters. The maximum absolute atomic E-state index is 12.5. The fourth-order valence-electron chi connectivity index (χ4n) is 2.88. The zero-order valence-electron chi connectivity index (χ0n) is 13.0. The van der Waals surface area contributed by atoms with Crippen molar-refractivity contribution >= 4 is 5.91 Å². The molecule has 1 aromatic rings. The van der Waals surface area contributed by atoms with E-state index in [4.69, 9.17) is 0 Å². The summed E-state index contributed by atoms with van der Waals surface area (Å²) >= 11 is 0. The van der Waals surface area contributed by atoms with Gasteiger partial charge < -0.3 is 4.90 Å². The normalized spacial score (nSPS) is 17.7. The lowest BCUT2D eigenvalue weighted by Gasteiger charge is -2.36. The summed E-state index contributed by atoms with van der Waals surface area (Å²) in [6.45, 7) is 1.64. The molecule has 0 saturated carbocycles. The first-order chi connectivity index (χ1) is 10.2. The average molecular weight is 318 g/mol. The fraction of sp³-hybridized carbons (Fsp3) is 0.714. The van der Waals surface area contributed by atoms with E-state index in [0.29, 0.717) is 31.6 Å². The lowest BCUT2D eigenvalue weighted by molar-refractivity contribution is -0.148. The number of aryl methyl sites for hydroxylation is 2. The van der Waals surface area contributed by atoms with Gasteiger partial charge in [0.05, 0.1) is 12.2 Å². The number of aromatic nitrogens is 2. The summed E-state index contributed by atoms with van der Waals surface area (Å²) in [4.78, 5) is 15.5. The summed E-state index contributed by atoms with van der Waals surface area (Å²) in [5.74, 6) is -0.141. The molecule has 2 rings (SSSR count). The number of alkyl halides is 3. The maximum atomic E-state index is 12.5. The third kappa shape index (κ3) is 4.00. The van der Waals surface area contributed by atoms with Crippen LogP contribution in [0.15, 0.2) is 6.07 Å². The summed E-state index contributed by atoms with van der Waals surface area (Å²) in [5, 5.41) is 4.15. The average Bonchev–Trinajstić information content (AvgIpc) is 2.75. The van der Waals surface area contributed by atoms with Gasteiger partial charge in [-0.25, -0.2) is 0 Å². The van der Waals surface area contributed by atoms with Gasteiger partial charge >= 0.3 is 6.18 Å². The SMILES string of the molecule is Cc1cc(C(=O)N(C)C2CCN(CC(F)(F)F)CC2)n(C)n1. The minimum atomic E-state index is -4.17. The van der Waals surface area contributed by atoms with Crippen molar-refractivity contribution in [2.24, 2.45) is 7.05 Å². The maximum Gasteiger partial charge on any atom is 0.401 e. The van der Waals surface area contributed by atoms with Crippen molar-refractivity contribution in [3.05, 3.63) is 17.5 Å². The van der Waals surface area contributed by atoms with Gasteiger partial charge in [0, 0.05) is 33.2 Å². The van der Waals surface area contributed by atoms with E-state index in [2.05, 4.69) is 5.10 Å². The predicted molar refractivity (Wildman–Crippen MR) is 75.6 cm³/mol. The molecule has 0 aromatic carbocycles. The highest BCUT2D eigenvalue weighted by Gasteiger charge is 2.34. The van der Waals surface area contributed by atoms with Crippen LogP contribution in [0.25, 0.3) is 0 Å². The second-order valence-corrected chi connectivity index (χ2v) is 5.83. The Labute approximate surface area is 127 Å². The Morgan fingerprint density at radius 1 is 1.41 bits per heavy atom. The third-order valence-electron chi connectivity index (χ3n) is 4.05. The van der Waals surface area contributed by atoms with Crippen LogP contribution in [0.3, 0.4) is 0 Å². The van der Waals surface area contributed by atoms with Crippen molar-refractivity contribution in [2.75, 3.05) is 26.7 Å². The van der Waals surface area contributed by atoms with Crippen molar-refractivity contribution in [3.63, 3.8) is 0 Å². The Bertz CT molecular complexity index is 533. The number of piperidine rings is 1.